The van der Waals surface area contributed by atoms with Crippen LogP contribution in [0.2, 0.25) is 0 Å². The number of hydrogen-bond donors (Lipinski definition) is 1. The fourth-order valence-electron chi connectivity index (χ4n) is 3.92. The van der Waals surface area contributed by atoms with E-state index in [1.165, 1.54) is 21.8 Å². The van der Waals surface area contributed by atoms with E-state index >= 15 is 0 Å². The molecule has 0 saturated carbocycles. The molecule has 11 heteroatoms. The first kappa shape index (κ1) is 22.4. The van der Waals surface area contributed by atoms with Crippen molar-refractivity contribution in [3.63, 3.8) is 0 Å². The van der Waals surface area contributed by atoms with Crippen LogP contribution in [0, 0.1) is 0 Å². The number of benzene rings is 1. The van der Waals surface area contributed by atoms with Gasteiger partial charge in [-0.1, -0.05) is 12.1 Å². The number of imidazole rings is 1. The van der Waals surface area contributed by atoms with Crippen molar-refractivity contribution < 1.29 is 23.1 Å². The summed E-state index contributed by atoms with van der Waals surface area (Å²) in [5.41, 5.74) is 1.43. The fourth-order valence-corrected chi connectivity index (χ4v) is 3.92. The van der Waals surface area contributed by atoms with Crippen molar-refractivity contribution in [3.8, 4) is 17.0 Å². The van der Waals surface area contributed by atoms with Crippen LogP contribution in [-0.4, -0.2) is 62.8 Å². The Bertz CT molecular complexity index is 1190. The molecular weight excluding hydrogens is 434 g/mol. The Morgan fingerprint density at radius 3 is 2.76 bits per heavy atom. The zero-order valence-electron chi connectivity index (χ0n) is 18.5. The molecule has 0 bridgehead atoms. The lowest BCUT2D eigenvalue weighted by Gasteiger charge is -2.24. The zero-order valence-corrected chi connectivity index (χ0v) is 18.5. The molecule has 9 nitrogen and oxygen atoms in total. The molecule has 3 aromatic rings. The molecule has 174 valence electrons. The Hall–Kier alpha value is -3.76. The monoisotopic (exact) mass is 458 g/mol. The lowest BCUT2D eigenvalue weighted by atomic mass is 10.1. The summed E-state index contributed by atoms with van der Waals surface area (Å²) in [5.74, 6) is 0.0907. The van der Waals surface area contributed by atoms with Gasteiger partial charge in [0.1, 0.15) is 17.3 Å². The SMILES string of the molecule is CN(C)C(=O)c1cnn(C)c1C(=O)N[C@@H]1CCn2cc(-c3ccccc3OC(F)F)nc2C1. The second-order valence-corrected chi connectivity index (χ2v) is 8.00. The van der Waals surface area contributed by atoms with Crippen molar-refractivity contribution in [3.05, 3.63) is 53.7 Å². The van der Waals surface area contributed by atoms with Crippen molar-refractivity contribution in [1.82, 2.24) is 29.5 Å². The third-order valence-electron chi connectivity index (χ3n) is 5.51. The van der Waals surface area contributed by atoms with E-state index in [4.69, 9.17) is 0 Å². The molecule has 33 heavy (non-hydrogen) atoms. The minimum absolute atomic E-state index is 0.0575. The molecule has 1 atom stereocenters. The van der Waals surface area contributed by atoms with Crippen LogP contribution in [0.3, 0.4) is 0 Å². The first-order chi connectivity index (χ1) is 15.7. The number of ether oxygens (including phenoxy) is 1. The molecule has 0 unspecified atom stereocenters. The minimum Gasteiger partial charge on any atom is -0.434 e. The highest BCUT2D eigenvalue weighted by Gasteiger charge is 2.28. The van der Waals surface area contributed by atoms with E-state index in [1.54, 1.807) is 45.5 Å². The second kappa shape index (κ2) is 9.00. The lowest BCUT2D eigenvalue weighted by molar-refractivity contribution is -0.0494. The maximum Gasteiger partial charge on any atom is 0.387 e. The smallest absolute Gasteiger partial charge is 0.387 e. The van der Waals surface area contributed by atoms with Crippen LogP contribution in [0.4, 0.5) is 8.78 Å². The summed E-state index contributed by atoms with van der Waals surface area (Å²) in [5, 5.41) is 7.04. The van der Waals surface area contributed by atoms with Crippen molar-refractivity contribution >= 4 is 11.8 Å². The van der Waals surface area contributed by atoms with Crippen LogP contribution >= 0.6 is 0 Å². The standard InChI is InChI=1S/C22H24F2N6O3/c1-28(2)21(32)15-11-25-29(3)19(15)20(31)26-13-8-9-30-12-16(27-18(30)10-13)14-6-4-5-7-17(14)33-22(23)24/h4-7,11-13,22H,8-10H2,1-3H3,(H,26,31)/t13-/m1/s1. The van der Waals surface area contributed by atoms with E-state index in [0.29, 0.717) is 30.6 Å². The molecule has 3 heterocycles. The predicted octanol–water partition coefficient (Wildman–Crippen LogP) is 2.33. The molecule has 0 radical (unpaired) electrons. The van der Waals surface area contributed by atoms with Crippen LogP contribution < -0.4 is 10.1 Å². The first-order valence-corrected chi connectivity index (χ1v) is 10.4. The topological polar surface area (TPSA) is 94.3 Å². The maximum absolute atomic E-state index is 13.0. The molecule has 0 aliphatic carbocycles. The van der Waals surface area contributed by atoms with Gasteiger partial charge in [0.2, 0.25) is 0 Å². The van der Waals surface area contributed by atoms with Gasteiger partial charge in [0, 0.05) is 51.9 Å². The number of carbonyl (C=O) groups excluding carboxylic acids is 2. The summed E-state index contributed by atoms with van der Waals surface area (Å²) in [6, 6.07) is 6.30. The Labute approximate surface area is 189 Å². The number of nitrogens with one attached hydrogen (secondary N) is 1. The van der Waals surface area contributed by atoms with E-state index in [2.05, 4.69) is 20.1 Å². The molecule has 1 aliphatic rings. The normalized spacial score (nSPS) is 15.3. The highest BCUT2D eigenvalue weighted by molar-refractivity contribution is 6.06. The number of aromatic nitrogens is 4. The van der Waals surface area contributed by atoms with Gasteiger partial charge in [-0.2, -0.15) is 13.9 Å². The zero-order chi connectivity index (χ0) is 23.7. The van der Waals surface area contributed by atoms with Gasteiger partial charge in [0.05, 0.1) is 17.5 Å². The predicted molar refractivity (Wildman–Crippen MR) is 115 cm³/mol. The summed E-state index contributed by atoms with van der Waals surface area (Å²) >= 11 is 0. The van der Waals surface area contributed by atoms with Crippen LogP contribution in [0.25, 0.3) is 11.3 Å². The number of halogens is 2. The molecule has 2 amide bonds. The number of carbonyl (C=O) groups is 2. The second-order valence-electron chi connectivity index (χ2n) is 8.00. The van der Waals surface area contributed by atoms with Crippen LogP contribution in [0.5, 0.6) is 5.75 Å². The third kappa shape index (κ3) is 4.57. The molecule has 2 aromatic heterocycles. The number of para-hydroxylation sites is 1. The summed E-state index contributed by atoms with van der Waals surface area (Å²) < 4.78 is 33.5. The van der Waals surface area contributed by atoms with Gasteiger partial charge in [-0.3, -0.25) is 14.3 Å². The summed E-state index contributed by atoms with van der Waals surface area (Å²) in [6.45, 7) is -2.33. The molecule has 0 saturated heterocycles. The molecule has 1 aromatic carbocycles. The number of alkyl halides is 2. The average molecular weight is 458 g/mol. The summed E-state index contributed by atoms with van der Waals surface area (Å²) in [4.78, 5) is 31.4. The van der Waals surface area contributed by atoms with Gasteiger partial charge < -0.3 is 19.5 Å². The summed E-state index contributed by atoms with van der Waals surface area (Å²) in [6.07, 6.45) is 4.29. The molecule has 0 spiro atoms. The van der Waals surface area contributed by atoms with Crippen molar-refractivity contribution in [2.45, 2.75) is 32.0 Å². The van der Waals surface area contributed by atoms with Crippen molar-refractivity contribution in [1.29, 1.82) is 0 Å². The quantitative estimate of drug-likeness (QED) is 0.612. The highest BCUT2D eigenvalue weighted by atomic mass is 19.3. The number of nitrogens with zero attached hydrogens (tertiary/aromatic N) is 5. The van der Waals surface area contributed by atoms with Crippen molar-refractivity contribution in [2.75, 3.05) is 14.1 Å². The third-order valence-corrected chi connectivity index (χ3v) is 5.51. The van der Waals surface area contributed by atoms with E-state index in [0.717, 1.165) is 5.82 Å². The number of hydrogen-bond acceptors (Lipinski definition) is 5. The maximum atomic E-state index is 13.0. The summed E-state index contributed by atoms with van der Waals surface area (Å²) in [7, 11) is 4.83. The Kier molecular flexibility index (Phi) is 6.12. The van der Waals surface area contributed by atoms with Gasteiger partial charge in [0.25, 0.3) is 11.8 Å². The molecule has 1 N–H and O–H groups in total. The van der Waals surface area contributed by atoms with Gasteiger partial charge in [-0.05, 0) is 18.6 Å². The average Bonchev–Trinajstić information content (AvgIpc) is 3.36. The highest BCUT2D eigenvalue weighted by Crippen LogP contribution is 2.31. The number of amides is 2. The van der Waals surface area contributed by atoms with Crippen LogP contribution in [-0.2, 0) is 20.0 Å². The van der Waals surface area contributed by atoms with E-state index in [1.807, 2.05) is 4.57 Å². The van der Waals surface area contributed by atoms with Crippen LogP contribution in [0.1, 0.15) is 33.1 Å². The van der Waals surface area contributed by atoms with Gasteiger partial charge in [0.15, 0.2) is 0 Å². The molecule has 4 rings (SSSR count). The molecular formula is C22H24F2N6O3. The lowest BCUT2D eigenvalue weighted by Crippen LogP contribution is -2.41. The molecule has 1 aliphatic heterocycles. The number of rotatable bonds is 6. The number of fused-ring (bicyclic) bond motifs is 1. The Morgan fingerprint density at radius 2 is 2.03 bits per heavy atom. The largest absolute Gasteiger partial charge is 0.434 e. The van der Waals surface area contributed by atoms with Crippen LogP contribution in [0.15, 0.2) is 36.7 Å². The van der Waals surface area contributed by atoms with E-state index in [-0.39, 0.29) is 34.9 Å². The minimum atomic E-state index is -2.93. The Balaban J connectivity index is 1.52. The van der Waals surface area contributed by atoms with E-state index in [9.17, 15) is 18.4 Å². The van der Waals surface area contributed by atoms with Gasteiger partial charge >= 0.3 is 6.61 Å². The fraction of sp³-hybridized carbons (Fsp3) is 0.364. The van der Waals surface area contributed by atoms with E-state index < -0.39 is 6.61 Å². The van der Waals surface area contributed by atoms with Crippen molar-refractivity contribution in [2.24, 2.45) is 7.05 Å². The molecule has 0 fully saturated rings. The Morgan fingerprint density at radius 1 is 1.27 bits per heavy atom. The van der Waals surface area contributed by atoms with Gasteiger partial charge in [-0.15, -0.1) is 0 Å². The van der Waals surface area contributed by atoms with Gasteiger partial charge in [-0.25, -0.2) is 4.98 Å². The number of aryl methyl sites for hydroxylation is 2. The first-order valence-electron chi connectivity index (χ1n) is 10.4.